The lowest BCUT2D eigenvalue weighted by atomic mass is 9.93. The van der Waals surface area contributed by atoms with E-state index >= 15 is 0 Å². The van der Waals surface area contributed by atoms with Gasteiger partial charge in [0, 0.05) is 11.8 Å². The van der Waals surface area contributed by atoms with Gasteiger partial charge in [0.15, 0.2) is 0 Å². The Morgan fingerprint density at radius 1 is 0.969 bits per heavy atom. The number of nitriles is 1. The molecule has 5 heteroatoms. The van der Waals surface area contributed by atoms with Crippen LogP contribution in [0.5, 0.6) is 5.75 Å². The van der Waals surface area contributed by atoms with E-state index in [0.29, 0.717) is 5.75 Å². The van der Waals surface area contributed by atoms with Crippen LogP contribution in [0.25, 0.3) is 11.3 Å². The maximum absolute atomic E-state index is 12.3. The van der Waals surface area contributed by atoms with E-state index in [4.69, 9.17) is 4.74 Å². The first-order valence-electron chi connectivity index (χ1n) is 12.1. The van der Waals surface area contributed by atoms with Gasteiger partial charge in [-0.2, -0.15) is 5.26 Å². The molecule has 1 aromatic carbocycles. The van der Waals surface area contributed by atoms with Crippen LogP contribution in [0.3, 0.4) is 0 Å². The largest absolute Gasteiger partial charge is 0.426 e. The van der Waals surface area contributed by atoms with Crippen molar-refractivity contribution < 1.29 is 9.53 Å². The number of esters is 1. The monoisotopic (exact) mass is 435 g/mol. The summed E-state index contributed by atoms with van der Waals surface area (Å²) in [6.07, 6.45) is 15.8. The maximum Gasteiger partial charge on any atom is 0.328 e. The van der Waals surface area contributed by atoms with E-state index in [1.54, 1.807) is 18.3 Å². The average molecular weight is 436 g/mol. The molecule has 2 unspecified atom stereocenters. The van der Waals surface area contributed by atoms with Crippen LogP contribution in [-0.2, 0) is 11.2 Å². The number of ether oxygens (including phenoxy) is 1. The number of hydrogen-bond acceptors (Lipinski definition) is 5. The third-order valence-electron chi connectivity index (χ3n) is 5.97. The molecule has 2 atom stereocenters. The summed E-state index contributed by atoms with van der Waals surface area (Å²) < 4.78 is 5.39. The van der Waals surface area contributed by atoms with Crippen LogP contribution in [0.15, 0.2) is 36.7 Å². The fourth-order valence-electron chi connectivity index (χ4n) is 3.59. The van der Waals surface area contributed by atoms with Gasteiger partial charge in [-0.25, -0.2) is 0 Å². The molecule has 0 bridgehead atoms. The number of aryl methyl sites for hydroxylation is 1. The molecule has 1 aromatic heterocycles. The van der Waals surface area contributed by atoms with Crippen molar-refractivity contribution >= 4 is 5.97 Å². The van der Waals surface area contributed by atoms with Crippen molar-refractivity contribution in [2.75, 3.05) is 0 Å². The Labute approximate surface area is 193 Å². The molecule has 1 heterocycles. The topological polar surface area (TPSA) is 75.9 Å². The Morgan fingerprint density at radius 3 is 2.19 bits per heavy atom. The molecule has 172 valence electrons. The van der Waals surface area contributed by atoms with Crippen LogP contribution in [0, 0.1) is 23.2 Å². The van der Waals surface area contributed by atoms with Gasteiger partial charge < -0.3 is 4.74 Å². The van der Waals surface area contributed by atoms with E-state index in [1.807, 2.05) is 32.2 Å². The molecule has 0 spiro atoms. The van der Waals surface area contributed by atoms with Crippen molar-refractivity contribution in [3.05, 3.63) is 42.4 Å². The van der Waals surface area contributed by atoms with Crippen molar-refractivity contribution in [1.82, 2.24) is 9.97 Å². The smallest absolute Gasteiger partial charge is 0.328 e. The average Bonchev–Trinajstić information content (AvgIpc) is 2.82. The highest BCUT2D eigenvalue weighted by Crippen LogP contribution is 2.23. The Bertz CT molecular complexity index is 841. The summed E-state index contributed by atoms with van der Waals surface area (Å²) in [5.41, 5.74) is 2.73. The number of hydrogen-bond donors (Lipinski definition) is 0. The zero-order chi connectivity index (χ0) is 23.2. The molecule has 2 rings (SSSR count). The van der Waals surface area contributed by atoms with E-state index in [9.17, 15) is 10.1 Å². The Morgan fingerprint density at radius 2 is 1.62 bits per heavy atom. The van der Waals surface area contributed by atoms with Gasteiger partial charge in [0.05, 0.1) is 23.7 Å². The first-order chi connectivity index (χ1) is 15.6. The van der Waals surface area contributed by atoms with Gasteiger partial charge in [0.25, 0.3) is 0 Å². The number of rotatable bonds is 14. The quantitative estimate of drug-likeness (QED) is 0.183. The van der Waals surface area contributed by atoms with Crippen LogP contribution < -0.4 is 4.74 Å². The van der Waals surface area contributed by atoms with Gasteiger partial charge >= 0.3 is 5.97 Å². The van der Waals surface area contributed by atoms with Crippen LogP contribution in [0.2, 0.25) is 0 Å². The first-order valence-corrected chi connectivity index (χ1v) is 12.1. The van der Waals surface area contributed by atoms with Crippen molar-refractivity contribution in [3.8, 4) is 23.1 Å². The predicted molar refractivity (Wildman–Crippen MR) is 128 cm³/mol. The van der Waals surface area contributed by atoms with Gasteiger partial charge in [-0.3, -0.25) is 14.8 Å². The van der Waals surface area contributed by atoms with Crippen LogP contribution >= 0.6 is 0 Å². The maximum atomic E-state index is 12.3. The molecule has 2 aromatic rings. The zero-order valence-electron chi connectivity index (χ0n) is 19.8. The van der Waals surface area contributed by atoms with Crippen LogP contribution in [0.4, 0.5) is 0 Å². The molecule has 0 aliphatic carbocycles. The predicted octanol–water partition coefficient (Wildman–Crippen LogP) is 6.92. The fourth-order valence-corrected chi connectivity index (χ4v) is 3.59. The van der Waals surface area contributed by atoms with Crippen molar-refractivity contribution in [1.29, 1.82) is 5.26 Å². The van der Waals surface area contributed by atoms with E-state index in [-0.39, 0.29) is 5.92 Å². The van der Waals surface area contributed by atoms with Crippen molar-refractivity contribution in [2.24, 2.45) is 11.8 Å². The standard InChI is InChI=1S/C27H37N3O2/c1-4-6-7-8-9-10-11-12-13-23-19-30-26(20-29-23)22-14-16-24(17-15-22)32-27(31)25(18-28)21(3)5-2/h14-17,19-21,25H,4-13H2,1-3H3. The molecule has 5 nitrogen and oxygen atoms in total. The third-order valence-corrected chi connectivity index (χ3v) is 5.97. The number of aromatic nitrogens is 2. The van der Waals surface area contributed by atoms with E-state index in [2.05, 4.69) is 23.0 Å². The van der Waals surface area contributed by atoms with Crippen LogP contribution in [0.1, 0.15) is 84.3 Å². The molecule has 0 saturated heterocycles. The minimum Gasteiger partial charge on any atom is -0.426 e. The summed E-state index contributed by atoms with van der Waals surface area (Å²) in [4.78, 5) is 21.4. The lowest BCUT2D eigenvalue weighted by Crippen LogP contribution is -2.24. The third kappa shape index (κ3) is 8.42. The number of unbranched alkanes of at least 4 members (excludes halogenated alkanes) is 7. The SMILES string of the molecule is CCCCCCCCCCc1cnc(-c2ccc(OC(=O)C(C#N)C(C)CC)cc2)cn1. The van der Waals surface area contributed by atoms with Crippen molar-refractivity contribution in [2.45, 2.75) is 85.0 Å². The molecule has 0 fully saturated rings. The molecule has 0 aliphatic rings. The molecule has 0 saturated carbocycles. The fraction of sp³-hybridized carbons (Fsp3) is 0.556. The lowest BCUT2D eigenvalue weighted by Gasteiger charge is -2.14. The van der Waals surface area contributed by atoms with E-state index in [1.165, 1.54) is 44.9 Å². The summed E-state index contributed by atoms with van der Waals surface area (Å²) >= 11 is 0. The molecular weight excluding hydrogens is 398 g/mol. The number of benzene rings is 1. The van der Waals surface area contributed by atoms with Gasteiger partial charge in [-0.15, -0.1) is 0 Å². The molecule has 0 N–H and O–H groups in total. The van der Waals surface area contributed by atoms with Gasteiger partial charge in [0.2, 0.25) is 0 Å². The number of carbonyl (C=O) groups excluding carboxylic acids is 1. The highest BCUT2D eigenvalue weighted by Gasteiger charge is 2.25. The Hall–Kier alpha value is -2.74. The summed E-state index contributed by atoms with van der Waals surface area (Å²) in [5.74, 6) is -0.855. The van der Waals surface area contributed by atoms with Gasteiger partial charge in [-0.05, 0) is 43.0 Å². The van der Waals surface area contributed by atoms with Crippen molar-refractivity contribution in [3.63, 3.8) is 0 Å². The normalized spacial score (nSPS) is 12.7. The minimum atomic E-state index is -0.751. The highest BCUT2D eigenvalue weighted by molar-refractivity contribution is 5.78. The Balaban J connectivity index is 1.80. The second kappa shape index (κ2) is 14.3. The van der Waals surface area contributed by atoms with Gasteiger partial charge in [-0.1, -0.05) is 72.1 Å². The first kappa shape index (κ1) is 25.5. The Kier molecular flexibility index (Phi) is 11.4. The van der Waals surface area contributed by atoms with Crippen LogP contribution in [-0.4, -0.2) is 15.9 Å². The molecular formula is C27H37N3O2. The number of carbonyl (C=O) groups is 1. The summed E-state index contributed by atoms with van der Waals surface area (Å²) in [6, 6.07) is 9.23. The lowest BCUT2D eigenvalue weighted by molar-refractivity contribution is -0.138. The second-order valence-corrected chi connectivity index (χ2v) is 8.56. The molecule has 32 heavy (non-hydrogen) atoms. The number of nitrogens with zero attached hydrogens (tertiary/aromatic N) is 3. The van der Waals surface area contributed by atoms with Gasteiger partial charge in [0.1, 0.15) is 11.7 Å². The summed E-state index contributed by atoms with van der Waals surface area (Å²) in [5, 5.41) is 9.25. The highest BCUT2D eigenvalue weighted by atomic mass is 16.5. The second-order valence-electron chi connectivity index (χ2n) is 8.56. The zero-order valence-corrected chi connectivity index (χ0v) is 19.8. The summed E-state index contributed by atoms with van der Waals surface area (Å²) in [6.45, 7) is 6.09. The van der Waals surface area contributed by atoms with E-state index in [0.717, 1.165) is 36.2 Å². The molecule has 0 radical (unpaired) electrons. The summed E-state index contributed by atoms with van der Waals surface area (Å²) in [7, 11) is 0. The molecule has 0 amide bonds. The minimum absolute atomic E-state index is 0.0358. The van der Waals surface area contributed by atoms with E-state index < -0.39 is 11.9 Å². The molecule has 0 aliphatic heterocycles.